The van der Waals surface area contributed by atoms with E-state index in [1.807, 2.05) is 19.2 Å². The van der Waals surface area contributed by atoms with Crippen LogP contribution in [0, 0.1) is 0 Å². The van der Waals surface area contributed by atoms with Crippen LogP contribution in [0.5, 0.6) is 0 Å². The number of nitrogens with zero attached hydrogens (tertiary/aromatic N) is 2. The standard InChI is InChI=1S/C17H28N4O5Si/c1-10-7-11-9-20(13(10)15(24)19-8-12(22)14(18)23)16(25)21(11)26-27(5,6)17(2,3)4/h7,11,13H,8-9H2,1-6H3,(H2,18,23)(H,19,24)/t11-,13+/m1/s1. The maximum atomic E-state index is 12.9. The first-order chi connectivity index (χ1) is 12.3. The second-order valence-electron chi connectivity index (χ2n) is 8.50. The third kappa shape index (κ3) is 4.06. The summed E-state index contributed by atoms with van der Waals surface area (Å²) in [5.74, 6) is -2.54. The van der Waals surface area contributed by atoms with Crippen molar-refractivity contribution in [3.8, 4) is 0 Å². The molecule has 2 heterocycles. The molecule has 10 heteroatoms. The molecule has 2 aliphatic rings. The number of amides is 4. The third-order valence-electron chi connectivity index (χ3n) is 5.40. The van der Waals surface area contributed by atoms with Crippen LogP contribution in [0.2, 0.25) is 18.1 Å². The Kier molecular flexibility index (Phi) is 5.53. The predicted molar refractivity (Wildman–Crippen MR) is 101 cm³/mol. The lowest BCUT2D eigenvalue weighted by atomic mass is 10.00. The van der Waals surface area contributed by atoms with Gasteiger partial charge in [0.05, 0.1) is 19.1 Å². The number of nitrogens with two attached hydrogens (primary N) is 1. The molecule has 0 aromatic heterocycles. The fourth-order valence-electron chi connectivity index (χ4n) is 2.79. The summed E-state index contributed by atoms with van der Waals surface area (Å²) in [5, 5.41) is 3.68. The Morgan fingerprint density at radius 1 is 1.33 bits per heavy atom. The van der Waals surface area contributed by atoms with E-state index in [1.54, 1.807) is 6.92 Å². The van der Waals surface area contributed by atoms with E-state index in [0.717, 1.165) is 0 Å². The van der Waals surface area contributed by atoms with Gasteiger partial charge in [-0.3, -0.25) is 14.4 Å². The molecule has 0 aromatic rings. The predicted octanol–water partition coefficient (Wildman–Crippen LogP) is 0.529. The number of urea groups is 1. The molecule has 9 nitrogen and oxygen atoms in total. The minimum atomic E-state index is -2.23. The van der Waals surface area contributed by atoms with E-state index in [0.29, 0.717) is 12.1 Å². The zero-order chi connectivity index (χ0) is 20.7. The molecule has 27 heavy (non-hydrogen) atoms. The molecule has 2 atom stereocenters. The molecule has 0 aliphatic carbocycles. The van der Waals surface area contributed by atoms with Crippen molar-refractivity contribution in [3.05, 3.63) is 11.6 Å². The van der Waals surface area contributed by atoms with Crippen LogP contribution >= 0.6 is 0 Å². The van der Waals surface area contributed by atoms with Gasteiger partial charge in [0, 0.05) is 0 Å². The molecule has 2 bridgehead atoms. The molecule has 1 saturated heterocycles. The Balaban J connectivity index is 2.15. The Morgan fingerprint density at radius 2 is 1.93 bits per heavy atom. The van der Waals surface area contributed by atoms with Crippen LogP contribution < -0.4 is 11.1 Å². The van der Waals surface area contributed by atoms with E-state index >= 15 is 0 Å². The van der Waals surface area contributed by atoms with Gasteiger partial charge in [0.1, 0.15) is 6.04 Å². The van der Waals surface area contributed by atoms with Crippen molar-refractivity contribution < 1.29 is 23.7 Å². The summed E-state index contributed by atoms with van der Waals surface area (Å²) in [6.07, 6.45) is 1.84. The van der Waals surface area contributed by atoms with Crippen molar-refractivity contribution in [1.82, 2.24) is 15.3 Å². The molecule has 0 unspecified atom stereocenters. The number of hydrogen-bond acceptors (Lipinski definition) is 5. The average molecular weight is 397 g/mol. The van der Waals surface area contributed by atoms with E-state index in [-0.39, 0.29) is 17.1 Å². The molecule has 1 fully saturated rings. The van der Waals surface area contributed by atoms with Crippen LogP contribution in [0.4, 0.5) is 4.79 Å². The van der Waals surface area contributed by atoms with Crippen molar-refractivity contribution in [3.63, 3.8) is 0 Å². The van der Waals surface area contributed by atoms with Crippen LogP contribution in [0.15, 0.2) is 11.6 Å². The number of hydrogen-bond donors (Lipinski definition) is 2. The smallest absolute Gasteiger partial charge is 0.344 e. The van der Waals surface area contributed by atoms with Crippen LogP contribution in [0.3, 0.4) is 0 Å². The summed E-state index contributed by atoms with van der Waals surface area (Å²) < 4.78 is 6.18. The van der Waals surface area contributed by atoms with Gasteiger partial charge in [-0.15, -0.1) is 0 Å². The zero-order valence-corrected chi connectivity index (χ0v) is 17.7. The highest BCUT2D eigenvalue weighted by Gasteiger charge is 2.50. The molecular formula is C17H28N4O5Si. The lowest BCUT2D eigenvalue weighted by molar-refractivity contribution is -0.136. The molecule has 0 spiro atoms. The number of rotatable bonds is 6. The van der Waals surface area contributed by atoms with Gasteiger partial charge in [0.25, 0.3) is 5.91 Å². The van der Waals surface area contributed by atoms with Crippen molar-refractivity contribution in [2.24, 2.45) is 5.73 Å². The Bertz CT molecular complexity index is 713. The first-order valence-electron chi connectivity index (χ1n) is 8.84. The maximum absolute atomic E-state index is 12.9. The summed E-state index contributed by atoms with van der Waals surface area (Å²) in [7, 11) is -2.23. The molecule has 150 valence electrons. The highest BCUT2D eigenvalue weighted by atomic mass is 28.4. The Hall–Kier alpha value is -2.20. The molecule has 0 aromatic carbocycles. The fraction of sp³-hybridized carbons (Fsp3) is 0.647. The first kappa shape index (κ1) is 21.1. The molecule has 4 amide bonds. The van der Waals surface area contributed by atoms with Crippen LogP contribution in [0.1, 0.15) is 27.7 Å². The van der Waals surface area contributed by atoms with Gasteiger partial charge in [-0.1, -0.05) is 26.8 Å². The van der Waals surface area contributed by atoms with Crippen molar-refractivity contribution in [2.75, 3.05) is 13.1 Å². The van der Waals surface area contributed by atoms with Gasteiger partial charge in [-0.25, -0.2) is 9.86 Å². The van der Waals surface area contributed by atoms with Crippen LogP contribution in [-0.2, 0) is 18.9 Å². The van der Waals surface area contributed by atoms with Crippen LogP contribution in [-0.4, -0.2) is 67.1 Å². The fourth-order valence-corrected chi connectivity index (χ4v) is 3.77. The summed E-state index contributed by atoms with van der Waals surface area (Å²) in [4.78, 5) is 49.0. The Morgan fingerprint density at radius 3 is 2.44 bits per heavy atom. The van der Waals surface area contributed by atoms with Gasteiger partial charge in [0.15, 0.2) is 0 Å². The number of carbonyl (C=O) groups is 4. The van der Waals surface area contributed by atoms with E-state index < -0.39 is 38.5 Å². The number of nitrogens with one attached hydrogen (secondary N) is 1. The second kappa shape index (κ2) is 7.08. The van der Waals surface area contributed by atoms with Crippen molar-refractivity contribution >= 4 is 31.9 Å². The summed E-state index contributed by atoms with van der Waals surface area (Å²) in [6.45, 7) is 11.9. The lowest BCUT2D eigenvalue weighted by Crippen LogP contribution is -2.52. The van der Waals surface area contributed by atoms with Gasteiger partial charge in [-0.2, -0.15) is 0 Å². The topological polar surface area (TPSA) is 122 Å². The molecule has 0 radical (unpaired) electrons. The zero-order valence-electron chi connectivity index (χ0n) is 16.7. The monoisotopic (exact) mass is 396 g/mol. The number of primary amides is 1. The average Bonchev–Trinajstić information content (AvgIpc) is 2.76. The summed E-state index contributed by atoms with van der Waals surface area (Å²) in [5.41, 5.74) is 5.57. The first-order valence-corrected chi connectivity index (χ1v) is 11.7. The quantitative estimate of drug-likeness (QED) is 0.385. The molecule has 2 aliphatic heterocycles. The van der Waals surface area contributed by atoms with Crippen molar-refractivity contribution in [2.45, 2.75) is 57.9 Å². The molecular weight excluding hydrogens is 368 g/mol. The van der Waals surface area contributed by atoms with E-state index in [1.165, 1.54) is 9.96 Å². The minimum absolute atomic E-state index is 0.0794. The minimum Gasteiger partial charge on any atom is -0.363 e. The van der Waals surface area contributed by atoms with E-state index in [4.69, 9.17) is 10.3 Å². The summed E-state index contributed by atoms with van der Waals surface area (Å²) in [6, 6.07) is -1.48. The number of Topliss-reactive ketones (excluding diaryl/α,β-unsaturated/α-hetero) is 1. The van der Waals surface area contributed by atoms with Gasteiger partial charge in [-0.05, 0) is 30.6 Å². The highest BCUT2D eigenvalue weighted by molar-refractivity contribution is 6.74. The highest BCUT2D eigenvalue weighted by Crippen LogP contribution is 2.39. The van der Waals surface area contributed by atoms with Crippen molar-refractivity contribution in [1.29, 1.82) is 0 Å². The Labute approximate surface area is 160 Å². The third-order valence-corrected chi connectivity index (χ3v) is 9.66. The number of carbonyl (C=O) groups excluding carboxylic acids is 4. The normalized spacial score (nSPS) is 22.6. The molecule has 3 N–H and O–H groups in total. The SMILES string of the molecule is CC1=C[C@@H]2CN(C(=O)N2O[Si](C)(C)C(C)(C)C)[C@@H]1C(=O)NCC(=O)C(N)=O. The number of ketones is 1. The molecule has 0 saturated carbocycles. The van der Waals surface area contributed by atoms with Gasteiger partial charge >= 0.3 is 6.03 Å². The van der Waals surface area contributed by atoms with Gasteiger partial charge in [0.2, 0.25) is 20.0 Å². The number of fused-ring (bicyclic) bond motifs is 2. The largest absolute Gasteiger partial charge is 0.363 e. The van der Waals surface area contributed by atoms with E-state index in [9.17, 15) is 19.2 Å². The lowest BCUT2D eigenvalue weighted by Gasteiger charge is -2.39. The summed E-state index contributed by atoms with van der Waals surface area (Å²) >= 11 is 0. The maximum Gasteiger partial charge on any atom is 0.344 e. The molecule has 2 rings (SSSR count). The van der Waals surface area contributed by atoms with Crippen LogP contribution in [0.25, 0.3) is 0 Å². The van der Waals surface area contributed by atoms with E-state index in [2.05, 4.69) is 26.1 Å². The number of hydroxylamine groups is 2. The van der Waals surface area contributed by atoms with Gasteiger partial charge < -0.3 is 20.5 Å². The second-order valence-corrected chi connectivity index (χ2v) is 13.2.